The van der Waals surface area contributed by atoms with Gasteiger partial charge in [-0.25, -0.2) is 4.39 Å². The number of hydrogen-bond donors (Lipinski definition) is 1. The molecule has 1 heterocycles. The summed E-state index contributed by atoms with van der Waals surface area (Å²) in [5.41, 5.74) is 5.72. The van der Waals surface area contributed by atoms with E-state index in [2.05, 4.69) is 5.32 Å². The van der Waals surface area contributed by atoms with Gasteiger partial charge in [-0.05, 0) is 49.2 Å². The number of aryl methyl sites for hydroxylation is 1. The van der Waals surface area contributed by atoms with Crippen LogP contribution in [0, 0.1) is 12.7 Å². The maximum absolute atomic E-state index is 13.1. The Labute approximate surface area is 197 Å². The van der Waals surface area contributed by atoms with Gasteiger partial charge in [0, 0.05) is 40.3 Å². The van der Waals surface area contributed by atoms with Gasteiger partial charge in [-0.1, -0.05) is 30.3 Å². The first-order valence-corrected chi connectivity index (χ1v) is 10.9. The van der Waals surface area contributed by atoms with Gasteiger partial charge in [-0.2, -0.15) is 0 Å². The fourth-order valence-corrected chi connectivity index (χ4v) is 4.06. The number of para-hydroxylation sites is 1. The molecule has 0 atom stereocenters. The molecule has 0 unspecified atom stereocenters. The zero-order valence-corrected chi connectivity index (χ0v) is 19.6. The van der Waals surface area contributed by atoms with E-state index in [1.165, 1.54) is 18.2 Å². The minimum absolute atomic E-state index is 0.251. The number of furan rings is 1. The quantitative estimate of drug-likeness (QED) is 0.330. The number of rotatable bonds is 7. The van der Waals surface area contributed by atoms with Gasteiger partial charge in [0.2, 0.25) is 5.91 Å². The molecule has 0 aliphatic carbocycles. The van der Waals surface area contributed by atoms with E-state index < -0.39 is 0 Å². The number of benzene rings is 3. The molecule has 4 aromatic rings. The summed E-state index contributed by atoms with van der Waals surface area (Å²) in [6, 6.07) is 15.8. The van der Waals surface area contributed by atoms with Crippen molar-refractivity contribution in [3.8, 4) is 22.6 Å². The van der Waals surface area contributed by atoms with E-state index in [1.807, 2.05) is 44.2 Å². The third-order valence-electron chi connectivity index (χ3n) is 5.80. The van der Waals surface area contributed by atoms with Gasteiger partial charge in [0.1, 0.15) is 22.9 Å². The third kappa shape index (κ3) is 4.53. The number of carbonyl (C=O) groups is 1. The average Bonchev–Trinajstić information content (AvgIpc) is 3.27. The van der Waals surface area contributed by atoms with Gasteiger partial charge >= 0.3 is 0 Å². The highest BCUT2D eigenvalue weighted by Crippen LogP contribution is 2.42. The van der Waals surface area contributed by atoms with Gasteiger partial charge in [-0.15, -0.1) is 0 Å². The number of ether oxygens (including phenoxy) is 2. The molecule has 0 radical (unpaired) electrons. The summed E-state index contributed by atoms with van der Waals surface area (Å²) >= 11 is 0. The number of hydrogen-bond acceptors (Lipinski definition) is 4. The number of carbonyl (C=O) groups excluding carboxylic acids is 1. The lowest BCUT2D eigenvalue weighted by molar-refractivity contribution is -0.116. The van der Waals surface area contributed by atoms with Crippen LogP contribution < -0.4 is 14.8 Å². The predicted octanol–water partition coefficient (Wildman–Crippen LogP) is 6.28. The SMILES string of the molecule is COc1ccccc1-c1coc2c(C)c(OC)c(/C(C)=C/C(=O)NCc3ccc(F)cc3)cc12. The van der Waals surface area contributed by atoms with Crippen molar-refractivity contribution in [2.24, 2.45) is 0 Å². The second kappa shape index (κ2) is 9.83. The van der Waals surface area contributed by atoms with Gasteiger partial charge in [0.25, 0.3) is 0 Å². The van der Waals surface area contributed by atoms with Crippen LogP contribution in [0.5, 0.6) is 11.5 Å². The number of amides is 1. The van der Waals surface area contributed by atoms with Crippen LogP contribution in [-0.4, -0.2) is 20.1 Å². The lowest BCUT2D eigenvalue weighted by Gasteiger charge is -2.14. The highest BCUT2D eigenvalue weighted by molar-refractivity contribution is 6.02. The first kappa shape index (κ1) is 23.1. The van der Waals surface area contributed by atoms with Crippen LogP contribution in [0.1, 0.15) is 23.6 Å². The van der Waals surface area contributed by atoms with Crippen molar-refractivity contribution in [1.29, 1.82) is 0 Å². The number of halogens is 1. The Morgan fingerprint density at radius 3 is 2.50 bits per heavy atom. The predicted molar refractivity (Wildman–Crippen MR) is 131 cm³/mol. The zero-order valence-electron chi connectivity index (χ0n) is 19.6. The molecule has 0 saturated carbocycles. The molecule has 3 aromatic carbocycles. The summed E-state index contributed by atoms with van der Waals surface area (Å²) in [6.45, 7) is 4.10. The summed E-state index contributed by atoms with van der Waals surface area (Å²) in [7, 11) is 3.24. The number of allylic oxidation sites excluding steroid dienone is 1. The minimum atomic E-state index is -0.310. The Balaban J connectivity index is 1.70. The molecule has 1 amide bonds. The third-order valence-corrected chi connectivity index (χ3v) is 5.80. The molecule has 0 saturated heterocycles. The van der Waals surface area contributed by atoms with Crippen LogP contribution in [0.4, 0.5) is 4.39 Å². The maximum Gasteiger partial charge on any atom is 0.244 e. The molecule has 0 bridgehead atoms. The zero-order chi connectivity index (χ0) is 24.2. The first-order chi connectivity index (χ1) is 16.4. The fraction of sp³-hybridized carbons (Fsp3) is 0.179. The van der Waals surface area contributed by atoms with Crippen LogP contribution in [0.2, 0.25) is 0 Å². The van der Waals surface area contributed by atoms with Crippen molar-refractivity contribution in [3.05, 3.63) is 89.4 Å². The Bertz CT molecular complexity index is 1370. The van der Waals surface area contributed by atoms with Crippen LogP contribution >= 0.6 is 0 Å². The number of nitrogens with one attached hydrogen (secondary N) is 1. The van der Waals surface area contributed by atoms with Crippen molar-refractivity contribution in [2.45, 2.75) is 20.4 Å². The molecular weight excluding hydrogens is 433 g/mol. The lowest BCUT2D eigenvalue weighted by Crippen LogP contribution is -2.20. The topological polar surface area (TPSA) is 60.7 Å². The van der Waals surface area contributed by atoms with Gasteiger partial charge in [0.15, 0.2) is 0 Å². The molecule has 1 N–H and O–H groups in total. The normalized spacial score (nSPS) is 11.5. The van der Waals surface area contributed by atoms with Crippen LogP contribution in [0.3, 0.4) is 0 Å². The van der Waals surface area contributed by atoms with E-state index in [1.54, 1.807) is 32.6 Å². The van der Waals surface area contributed by atoms with E-state index in [4.69, 9.17) is 13.9 Å². The van der Waals surface area contributed by atoms with Crippen molar-refractivity contribution < 1.29 is 23.1 Å². The average molecular weight is 460 g/mol. The Hall–Kier alpha value is -4.06. The summed E-state index contributed by atoms with van der Waals surface area (Å²) in [5.74, 6) is 0.829. The maximum atomic E-state index is 13.1. The Morgan fingerprint density at radius 2 is 1.79 bits per heavy atom. The Kier molecular flexibility index (Phi) is 6.68. The van der Waals surface area contributed by atoms with Crippen molar-refractivity contribution >= 4 is 22.4 Å². The van der Waals surface area contributed by atoms with Crippen LogP contribution in [0.15, 0.2) is 71.4 Å². The van der Waals surface area contributed by atoms with Crippen LogP contribution in [0.25, 0.3) is 27.7 Å². The monoisotopic (exact) mass is 459 g/mol. The largest absolute Gasteiger partial charge is 0.496 e. The van der Waals surface area contributed by atoms with E-state index in [0.717, 1.165) is 50.1 Å². The molecule has 0 fully saturated rings. The van der Waals surface area contributed by atoms with Gasteiger partial charge in [0.05, 0.1) is 20.5 Å². The molecule has 5 nitrogen and oxygen atoms in total. The van der Waals surface area contributed by atoms with E-state index in [-0.39, 0.29) is 11.7 Å². The van der Waals surface area contributed by atoms with E-state index in [9.17, 15) is 9.18 Å². The molecule has 174 valence electrons. The molecule has 0 aliphatic heterocycles. The standard InChI is InChI=1S/C28H26FNO4/c1-17(13-26(31)30-15-19-9-11-20(29)12-10-19)22-14-23-24(21-7-5-6-8-25(21)32-3)16-34-28(23)18(2)27(22)33-4/h5-14,16H,15H2,1-4H3,(H,30,31)/b17-13+. The summed E-state index contributed by atoms with van der Waals surface area (Å²) in [6.07, 6.45) is 3.25. The van der Waals surface area contributed by atoms with Crippen LogP contribution in [-0.2, 0) is 11.3 Å². The van der Waals surface area contributed by atoms with Crippen molar-refractivity contribution in [1.82, 2.24) is 5.32 Å². The highest BCUT2D eigenvalue weighted by Gasteiger charge is 2.20. The lowest BCUT2D eigenvalue weighted by atomic mass is 9.96. The molecule has 6 heteroatoms. The van der Waals surface area contributed by atoms with E-state index >= 15 is 0 Å². The fourth-order valence-electron chi connectivity index (χ4n) is 4.06. The minimum Gasteiger partial charge on any atom is -0.496 e. The molecule has 4 rings (SSSR count). The summed E-state index contributed by atoms with van der Waals surface area (Å²) in [4.78, 5) is 12.6. The molecule has 1 aromatic heterocycles. The molecule has 34 heavy (non-hydrogen) atoms. The van der Waals surface area contributed by atoms with E-state index in [0.29, 0.717) is 12.3 Å². The summed E-state index contributed by atoms with van der Waals surface area (Å²) in [5, 5.41) is 3.74. The first-order valence-electron chi connectivity index (χ1n) is 10.9. The van der Waals surface area contributed by atoms with Crippen molar-refractivity contribution in [2.75, 3.05) is 14.2 Å². The molecular formula is C28H26FNO4. The van der Waals surface area contributed by atoms with Crippen molar-refractivity contribution in [3.63, 3.8) is 0 Å². The second-order valence-corrected chi connectivity index (χ2v) is 7.98. The van der Waals surface area contributed by atoms with Gasteiger partial charge in [-0.3, -0.25) is 4.79 Å². The Morgan fingerprint density at radius 1 is 1.06 bits per heavy atom. The number of methoxy groups -OCH3 is 2. The highest BCUT2D eigenvalue weighted by atomic mass is 19.1. The number of fused-ring (bicyclic) bond motifs is 1. The summed E-state index contributed by atoms with van der Waals surface area (Å²) < 4.78 is 30.3. The second-order valence-electron chi connectivity index (χ2n) is 7.98. The molecule has 0 spiro atoms. The van der Waals surface area contributed by atoms with Gasteiger partial charge < -0.3 is 19.2 Å². The molecule has 0 aliphatic rings. The smallest absolute Gasteiger partial charge is 0.244 e.